The number of rotatable bonds is 4. The molecule has 0 fully saturated rings. The molecule has 2 N–H and O–H groups in total. The topological polar surface area (TPSA) is 88.0 Å². The summed E-state index contributed by atoms with van der Waals surface area (Å²) in [6.07, 6.45) is 2.37. The second kappa shape index (κ2) is 6.70. The van der Waals surface area contributed by atoms with Crippen molar-refractivity contribution in [1.82, 2.24) is 29.9 Å². The van der Waals surface area contributed by atoms with E-state index >= 15 is 0 Å². The van der Waals surface area contributed by atoms with E-state index in [0.29, 0.717) is 41.0 Å². The second-order valence-corrected chi connectivity index (χ2v) is 7.74. The Balaban J connectivity index is 1.48. The summed E-state index contributed by atoms with van der Waals surface area (Å²) in [6.45, 7) is 6.54. The minimum Gasteiger partial charge on any atom is -0.351 e. The number of halogens is 1. The highest BCUT2D eigenvalue weighted by molar-refractivity contribution is 5.99. The standard InChI is InChI=1S/C20H21FN6O/c1-20(2,3)19-26-25-17-13(5-4-10-27(17)19)18(28)22-9-8-16-23-14-7-6-12(21)11-15(14)24-16/h4-7,10-11H,8-9H2,1-3H3,(H,22,28)(H,23,24). The molecule has 0 radical (unpaired) electrons. The summed E-state index contributed by atoms with van der Waals surface area (Å²) in [5, 5.41) is 11.4. The van der Waals surface area contributed by atoms with Crippen LogP contribution in [0.4, 0.5) is 4.39 Å². The number of H-pyrrole nitrogens is 1. The van der Waals surface area contributed by atoms with Gasteiger partial charge in [0.05, 0.1) is 16.6 Å². The first kappa shape index (κ1) is 18.1. The zero-order valence-electron chi connectivity index (χ0n) is 16.0. The van der Waals surface area contributed by atoms with Crippen molar-refractivity contribution in [2.24, 2.45) is 0 Å². The molecule has 3 aromatic heterocycles. The summed E-state index contributed by atoms with van der Waals surface area (Å²) in [5.41, 5.74) is 2.16. The van der Waals surface area contributed by atoms with Crippen LogP contribution in [0, 0.1) is 5.82 Å². The molecule has 0 spiro atoms. The lowest BCUT2D eigenvalue weighted by atomic mass is 9.96. The smallest absolute Gasteiger partial charge is 0.255 e. The summed E-state index contributed by atoms with van der Waals surface area (Å²) in [7, 11) is 0. The van der Waals surface area contributed by atoms with Crippen molar-refractivity contribution in [1.29, 1.82) is 0 Å². The van der Waals surface area contributed by atoms with Crippen LogP contribution in [0.1, 0.15) is 42.8 Å². The van der Waals surface area contributed by atoms with Crippen molar-refractivity contribution in [2.45, 2.75) is 32.6 Å². The summed E-state index contributed by atoms with van der Waals surface area (Å²) in [4.78, 5) is 20.1. The van der Waals surface area contributed by atoms with Crippen molar-refractivity contribution < 1.29 is 9.18 Å². The van der Waals surface area contributed by atoms with Crippen LogP contribution in [0.3, 0.4) is 0 Å². The second-order valence-electron chi connectivity index (χ2n) is 7.74. The molecule has 0 atom stereocenters. The van der Waals surface area contributed by atoms with Gasteiger partial charge in [-0.25, -0.2) is 9.37 Å². The molecule has 1 aromatic carbocycles. The summed E-state index contributed by atoms with van der Waals surface area (Å²) < 4.78 is 15.1. The fraction of sp³-hybridized carbons (Fsp3) is 0.300. The maximum atomic E-state index is 13.3. The van der Waals surface area contributed by atoms with Gasteiger partial charge in [-0.2, -0.15) is 0 Å². The van der Waals surface area contributed by atoms with Gasteiger partial charge in [-0.15, -0.1) is 10.2 Å². The number of hydrogen-bond acceptors (Lipinski definition) is 4. The number of carbonyl (C=O) groups excluding carboxylic acids is 1. The van der Waals surface area contributed by atoms with Gasteiger partial charge in [-0.3, -0.25) is 9.20 Å². The highest BCUT2D eigenvalue weighted by Gasteiger charge is 2.23. The highest BCUT2D eigenvalue weighted by atomic mass is 19.1. The molecule has 144 valence electrons. The maximum Gasteiger partial charge on any atom is 0.255 e. The van der Waals surface area contributed by atoms with E-state index < -0.39 is 0 Å². The Morgan fingerprint density at radius 3 is 2.86 bits per heavy atom. The molecular weight excluding hydrogens is 359 g/mol. The molecule has 1 amide bonds. The number of amides is 1. The molecule has 8 heteroatoms. The molecule has 4 rings (SSSR count). The molecule has 7 nitrogen and oxygen atoms in total. The van der Waals surface area contributed by atoms with Gasteiger partial charge >= 0.3 is 0 Å². The predicted molar refractivity (Wildman–Crippen MR) is 104 cm³/mol. The van der Waals surface area contributed by atoms with E-state index in [1.807, 2.05) is 16.7 Å². The van der Waals surface area contributed by atoms with E-state index in [4.69, 9.17) is 0 Å². The van der Waals surface area contributed by atoms with Gasteiger partial charge in [-0.05, 0) is 30.3 Å². The first-order valence-electron chi connectivity index (χ1n) is 9.09. The Hall–Kier alpha value is -3.29. The monoisotopic (exact) mass is 380 g/mol. The third kappa shape index (κ3) is 3.33. The lowest BCUT2D eigenvalue weighted by Gasteiger charge is -2.15. The van der Waals surface area contributed by atoms with Gasteiger partial charge in [-0.1, -0.05) is 20.8 Å². The van der Waals surface area contributed by atoms with Crippen LogP contribution in [0.5, 0.6) is 0 Å². The highest BCUT2D eigenvalue weighted by Crippen LogP contribution is 2.22. The Kier molecular flexibility index (Phi) is 4.33. The Morgan fingerprint density at radius 1 is 1.25 bits per heavy atom. The van der Waals surface area contributed by atoms with Gasteiger partial charge in [0.1, 0.15) is 17.5 Å². The molecule has 0 aliphatic rings. The normalized spacial score (nSPS) is 12.0. The van der Waals surface area contributed by atoms with Crippen LogP contribution >= 0.6 is 0 Å². The molecule has 0 bridgehead atoms. The average Bonchev–Trinajstić information content (AvgIpc) is 3.24. The molecule has 28 heavy (non-hydrogen) atoms. The first-order valence-corrected chi connectivity index (χ1v) is 9.09. The first-order chi connectivity index (χ1) is 13.3. The van der Waals surface area contributed by atoms with Crippen LogP contribution in [0.2, 0.25) is 0 Å². The Morgan fingerprint density at radius 2 is 2.07 bits per heavy atom. The van der Waals surface area contributed by atoms with Crippen LogP contribution in [-0.4, -0.2) is 37.0 Å². The van der Waals surface area contributed by atoms with Gasteiger partial charge in [0.25, 0.3) is 5.91 Å². The van der Waals surface area contributed by atoms with E-state index in [-0.39, 0.29) is 17.1 Å². The number of benzene rings is 1. The molecular formula is C20H21FN6O. The summed E-state index contributed by atoms with van der Waals surface area (Å²) in [5.74, 6) is 0.955. The van der Waals surface area contributed by atoms with Crippen LogP contribution in [-0.2, 0) is 11.8 Å². The Bertz CT molecular complexity index is 1170. The van der Waals surface area contributed by atoms with E-state index in [9.17, 15) is 9.18 Å². The van der Waals surface area contributed by atoms with E-state index in [1.165, 1.54) is 12.1 Å². The van der Waals surface area contributed by atoms with Crippen LogP contribution < -0.4 is 5.32 Å². The number of carbonyl (C=O) groups is 1. The zero-order chi connectivity index (χ0) is 19.9. The predicted octanol–water partition coefficient (Wildman–Crippen LogP) is 3.01. The number of fused-ring (bicyclic) bond motifs is 2. The zero-order valence-corrected chi connectivity index (χ0v) is 16.0. The Labute approximate surface area is 161 Å². The SMILES string of the molecule is CC(C)(C)c1nnc2c(C(=O)NCCc3nc4ccc(F)cc4[nH]3)cccn12. The molecule has 4 aromatic rings. The molecule has 0 saturated carbocycles. The maximum absolute atomic E-state index is 13.3. The molecule has 0 aliphatic carbocycles. The number of nitrogens with one attached hydrogen (secondary N) is 2. The largest absolute Gasteiger partial charge is 0.351 e. The van der Waals surface area contributed by atoms with Crippen molar-refractivity contribution in [3.05, 3.63) is 59.6 Å². The minimum absolute atomic E-state index is 0.185. The van der Waals surface area contributed by atoms with Crippen molar-refractivity contribution in [3.63, 3.8) is 0 Å². The quantitative estimate of drug-likeness (QED) is 0.570. The number of imidazole rings is 1. The molecule has 0 aliphatic heterocycles. The number of pyridine rings is 1. The third-order valence-electron chi connectivity index (χ3n) is 4.49. The van der Waals surface area contributed by atoms with Gasteiger partial charge < -0.3 is 10.3 Å². The minimum atomic E-state index is -0.313. The van der Waals surface area contributed by atoms with Crippen LogP contribution in [0.15, 0.2) is 36.5 Å². The average molecular weight is 380 g/mol. The van der Waals surface area contributed by atoms with Crippen molar-refractivity contribution in [3.8, 4) is 0 Å². The number of hydrogen-bond donors (Lipinski definition) is 2. The molecule has 0 unspecified atom stereocenters. The lowest BCUT2D eigenvalue weighted by Crippen LogP contribution is -2.26. The van der Waals surface area contributed by atoms with Gasteiger partial charge in [0, 0.05) is 24.6 Å². The fourth-order valence-electron chi connectivity index (χ4n) is 3.15. The summed E-state index contributed by atoms with van der Waals surface area (Å²) in [6, 6.07) is 7.95. The van der Waals surface area contributed by atoms with Gasteiger partial charge in [0.2, 0.25) is 0 Å². The third-order valence-corrected chi connectivity index (χ3v) is 4.49. The fourth-order valence-corrected chi connectivity index (χ4v) is 3.15. The number of aromatic amines is 1. The summed E-state index contributed by atoms with van der Waals surface area (Å²) >= 11 is 0. The van der Waals surface area contributed by atoms with E-state index in [2.05, 4.69) is 46.3 Å². The van der Waals surface area contributed by atoms with E-state index in [0.717, 1.165) is 5.82 Å². The van der Waals surface area contributed by atoms with Crippen LogP contribution in [0.25, 0.3) is 16.7 Å². The van der Waals surface area contributed by atoms with Gasteiger partial charge in [0.15, 0.2) is 5.65 Å². The number of nitrogens with zero attached hydrogens (tertiary/aromatic N) is 4. The van der Waals surface area contributed by atoms with Crippen molar-refractivity contribution in [2.75, 3.05) is 6.54 Å². The number of aromatic nitrogens is 5. The molecule has 0 saturated heterocycles. The van der Waals surface area contributed by atoms with Crippen molar-refractivity contribution >= 4 is 22.6 Å². The lowest BCUT2D eigenvalue weighted by molar-refractivity contribution is 0.0955. The van der Waals surface area contributed by atoms with E-state index in [1.54, 1.807) is 12.1 Å². The molecule has 3 heterocycles.